The maximum Gasteiger partial charge on any atom is 1.00 e. The van der Waals surface area contributed by atoms with Crippen LogP contribution in [0.1, 0.15) is 58.4 Å². The Morgan fingerprint density at radius 1 is 0.632 bits per heavy atom. The molecule has 0 amide bonds. The van der Waals surface area contributed by atoms with Gasteiger partial charge in [0.15, 0.2) is 34.6 Å². The molecule has 28 nitrogen and oxygen atoms in total. The van der Waals surface area contributed by atoms with Gasteiger partial charge < -0.3 is 56.2 Å². The molecule has 7 rings (SSSR count). The van der Waals surface area contributed by atoms with Crippen LogP contribution in [0.2, 0.25) is 0 Å². The van der Waals surface area contributed by atoms with Crippen LogP contribution in [0, 0.1) is 31.8 Å². The minimum atomic E-state index is -1.82. The molecular formula is C35H18Li5N19O9. The predicted molar refractivity (Wildman–Crippen MR) is 196 cm³/mol. The average molecular weight is 883 g/mol. The summed E-state index contributed by atoms with van der Waals surface area (Å²) in [6.07, 6.45) is 2.19. The average Bonchev–Trinajstić information content (AvgIpc) is 4.00. The predicted octanol–water partition coefficient (Wildman–Crippen LogP) is -16.8. The van der Waals surface area contributed by atoms with Crippen LogP contribution in [0.25, 0.3) is 28.1 Å². The number of benzene rings is 2. The largest absolute Gasteiger partial charge is 1.00 e. The molecule has 0 radical (unpaired) electrons. The van der Waals surface area contributed by atoms with Gasteiger partial charge in [-0.25, -0.2) is 24.2 Å². The number of aromatic nitrogens is 11. The molecule has 68 heavy (non-hydrogen) atoms. The maximum atomic E-state index is 12.8. The summed E-state index contributed by atoms with van der Waals surface area (Å²) in [5.41, 5.74) is 9.58. The second-order valence-electron chi connectivity index (χ2n) is 12.5. The second-order valence-corrected chi connectivity index (χ2v) is 12.5. The van der Waals surface area contributed by atoms with Crippen molar-refractivity contribution in [2.45, 2.75) is 13.8 Å². The minimum Gasteiger partial charge on any atom is -0.844 e. The first-order chi connectivity index (χ1) is 30.0. The van der Waals surface area contributed by atoms with E-state index in [0.717, 1.165) is 55.4 Å². The molecule has 0 aliphatic carbocycles. The second kappa shape index (κ2) is 23.0. The molecule has 5 heterocycles. The molecule has 0 spiro atoms. The normalized spacial score (nSPS) is 10.4. The van der Waals surface area contributed by atoms with Crippen LogP contribution < -0.4 is 131 Å². The zero-order valence-corrected chi connectivity index (χ0v) is 36.6. The van der Waals surface area contributed by atoms with Gasteiger partial charge in [-0.1, -0.05) is 12.1 Å². The van der Waals surface area contributed by atoms with Gasteiger partial charge in [-0.2, -0.15) is 40.0 Å². The fourth-order valence-electron chi connectivity index (χ4n) is 5.77. The van der Waals surface area contributed by atoms with E-state index < -0.39 is 64.0 Å². The van der Waals surface area contributed by atoms with Crippen molar-refractivity contribution in [3.63, 3.8) is 0 Å². The number of carbonyl (C=O) groups is 4. The Labute approximate surface area is 439 Å². The van der Waals surface area contributed by atoms with Crippen molar-refractivity contribution in [3.8, 4) is 35.4 Å². The van der Waals surface area contributed by atoms with Gasteiger partial charge in [0.1, 0.15) is 11.6 Å². The summed E-state index contributed by atoms with van der Waals surface area (Å²) < 4.78 is 3.84. The number of hydrogen-bond donors (Lipinski definition) is 2. The maximum absolute atomic E-state index is 12.8. The Morgan fingerprint density at radius 2 is 1.04 bits per heavy atom. The van der Waals surface area contributed by atoms with Gasteiger partial charge in [-0.05, 0) is 38.1 Å². The van der Waals surface area contributed by atoms with Crippen LogP contribution in [-0.2, 0) is 0 Å². The van der Waals surface area contributed by atoms with Crippen molar-refractivity contribution in [1.29, 1.82) is 5.26 Å². The number of carboxylic acids is 4. The molecule has 0 aliphatic rings. The number of nitrogens with two attached hydrogens (primary N) is 2. The molecule has 312 valence electrons. The van der Waals surface area contributed by atoms with Crippen molar-refractivity contribution < 1.29 is 139 Å². The summed E-state index contributed by atoms with van der Waals surface area (Å²) in [5.74, 6) is -9.07. The summed E-state index contributed by atoms with van der Waals surface area (Å²) >= 11 is 0. The fraction of sp³-hybridized carbons (Fsp3) is 0.0571. The van der Waals surface area contributed by atoms with Crippen LogP contribution >= 0.6 is 0 Å². The third-order valence-electron chi connectivity index (χ3n) is 8.67. The number of anilines is 2. The Morgan fingerprint density at radius 3 is 1.46 bits per heavy atom. The van der Waals surface area contributed by atoms with Crippen LogP contribution in [0.4, 0.5) is 40.3 Å². The zero-order valence-electron chi connectivity index (χ0n) is 36.6. The molecular weight excluding hydrogens is 865 g/mol. The molecule has 7 aromatic rings. The number of nitrogen functional groups attached to an aromatic ring is 2. The van der Waals surface area contributed by atoms with Gasteiger partial charge in [0, 0.05) is 22.3 Å². The molecule has 4 N–H and O–H groups in total. The smallest absolute Gasteiger partial charge is 0.844 e. The topological polar surface area (TPSA) is 423 Å². The monoisotopic (exact) mass is 883 g/mol. The van der Waals surface area contributed by atoms with E-state index in [9.17, 15) is 50.0 Å². The van der Waals surface area contributed by atoms with E-state index in [2.05, 4.69) is 60.6 Å². The van der Waals surface area contributed by atoms with Crippen molar-refractivity contribution in [3.05, 3.63) is 99.4 Å². The molecule has 0 bridgehead atoms. The van der Waals surface area contributed by atoms with Crippen molar-refractivity contribution in [1.82, 2.24) is 54.1 Å². The van der Waals surface area contributed by atoms with E-state index in [4.69, 9.17) is 18.0 Å². The number of carbonyl (C=O) groups excluding carboxylic acids is 4. The first-order valence-corrected chi connectivity index (χ1v) is 17.1. The number of rotatable bonds is 12. The van der Waals surface area contributed by atoms with Crippen LogP contribution in [-0.4, -0.2) is 78.0 Å². The third kappa shape index (κ3) is 10.8. The molecule has 0 unspecified atom stereocenters. The van der Waals surface area contributed by atoms with E-state index in [1.54, 1.807) is 0 Å². The summed E-state index contributed by atoms with van der Waals surface area (Å²) in [6, 6.07) is 6.89. The molecule has 0 saturated carbocycles. The number of carboxylic acid groups (broad SMARTS) is 4. The van der Waals surface area contributed by atoms with E-state index in [0.29, 0.717) is 0 Å². The number of nitrogens with zero attached hydrogens (tertiary/aromatic N) is 17. The van der Waals surface area contributed by atoms with Gasteiger partial charge in [0.05, 0.1) is 71.6 Å². The van der Waals surface area contributed by atoms with Gasteiger partial charge in [-0.15, -0.1) is 20.5 Å². The molecule has 0 fully saturated rings. The standard InChI is InChI=1S/C35H23N19O9.5Li/c1-13-23(45-47-27-15(10-36)11-40-51(27)16-4-6-18(29(55)56)20(8-16)31(59)60)25(37)53(49-13)33-42-34(44-35(63)43-33)54-26(38)24(14(2)50-54)46-48-28-22(39-3)12-41-52(28)17-5-7-19(30(57)58)21(9-17)32(61)62;;;;;/h4-9,11-12H,37-38H2,1-2H3,(H,55,56)(H,57,58)(H,59,60)(H,61,62)(H,42,43,44,63);;;;;/q;5*+1/p-5. The van der Waals surface area contributed by atoms with E-state index in [1.807, 2.05) is 6.07 Å². The Kier molecular flexibility index (Phi) is 19.2. The van der Waals surface area contributed by atoms with Crippen LogP contribution in [0.3, 0.4) is 0 Å². The molecule has 0 atom stereocenters. The number of aromatic carboxylic acids is 4. The third-order valence-corrected chi connectivity index (χ3v) is 8.67. The van der Waals surface area contributed by atoms with E-state index in [1.165, 1.54) is 26.0 Å². The number of nitriles is 1. The van der Waals surface area contributed by atoms with Crippen molar-refractivity contribution in [2.75, 3.05) is 11.5 Å². The summed E-state index contributed by atoms with van der Waals surface area (Å²) in [7, 11) is 0. The van der Waals surface area contributed by atoms with Gasteiger partial charge in [0.25, 0.3) is 17.6 Å². The van der Waals surface area contributed by atoms with Gasteiger partial charge in [0.2, 0.25) is 0 Å². The Balaban J connectivity index is 0.00000317. The number of azo groups is 2. The van der Waals surface area contributed by atoms with Crippen molar-refractivity contribution in [2.24, 2.45) is 20.5 Å². The first kappa shape index (κ1) is 56.9. The summed E-state index contributed by atoms with van der Waals surface area (Å²) in [5, 5.41) is 102. The zero-order chi connectivity index (χ0) is 45.4. The molecule has 33 heteroatoms. The molecule has 5 aromatic heterocycles. The van der Waals surface area contributed by atoms with E-state index in [-0.39, 0.29) is 163 Å². The fourth-order valence-corrected chi connectivity index (χ4v) is 5.77. The van der Waals surface area contributed by atoms with Crippen molar-refractivity contribution >= 4 is 64.2 Å². The molecule has 0 aliphatic heterocycles. The Bertz CT molecular complexity index is 3070. The summed E-state index contributed by atoms with van der Waals surface area (Å²) in [4.78, 5) is 61.3. The van der Waals surface area contributed by atoms with Crippen LogP contribution in [0.15, 0.2) is 69.2 Å². The Hall–Kier alpha value is -7.26. The van der Waals surface area contributed by atoms with E-state index >= 15 is 0 Å². The SMILES string of the molecule is [C-]#[N+]c1cnn(-c2ccc(C(=O)[O-])c(C(=O)[O-])c2)c1N=Nc1c(C)nn(-c2nc([O-])nc(-n3nc(C)c(N=Nc4c(C#N)cnn4-c4ccc(C(=O)[O-])c(C(=O)[O-])c4)c3N)n2)c1N.[Li+].[Li+].[Li+].[Li+].[Li+]. The van der Waals surface area contributed by atoms with Crippen LogP contribution in [0.5, 0.6) is 6.01 Å². The molecule has 0 saturated heterocycles. The minimum absolute atomic E-state index is 0. The molecule has 2 aromatic carbocycles. The van der Waals surface area contributed by atoms with Gasteiger partial charge >= 0.3 is 94.3 Å². The quantitative estimate of drug-likeness (QED) is 0.0653. The summed E-state index contributed by atoms with van der Waals surface area (Å²) in [6.45, 7) is 10.5. The number of aryl methyl sites for hydroxylation is 2. The number of hydrogen-bond acceptors (Lipinski definition) is 23. The van der Waals surface area contributed by atoms with Gasteiger partial charge in [-0.3, -0.25) is 0 Å². The first-order valence-electron chi connectivity index (χ1n) is 17.1.